The highest BCUT2D eigenvalue weighted by Gasteiger charge is 2.67. The number of para-hydroxylation sites is 1. The Labute approximate surface area is 251 Å². The number of hydrogen-bond acceptors (Lipinski definition) is 8. The number of halogens is 4. The lowest BCUT2D eigenvalue weighted by Crippen LogP contribution is -2.52. The number of anilines is 2. The summed E-state index contributed by atoms with van der Waals surface area (Å²) < 4.78 is 43.8. The van der Waals surface area contributed by atoms with Crippen LogP contribution >= 0.6 is 11.6 Å². The van der Waals surface area contributed by atoms with Gasteiger partial charge in [-0.1, -0.05) is 44.5 Å². The van der Waals surface area contributed by atoms with Gasteiger partial charge >= 0.3 is 6.18 Å². The number of rotatable bonds is 7. The van der Waals surface area contributed by atoms with Crippen LogP contribution in [-0.4, -0.2) is 37.8 Å². The maximum absolute atomic E-state index is 14.0. The smallest absolute Gasteiger partial charge is 0.383 e. The number of aromatic nitrogens is 3. The minimum absolute atomic E-state index is 0.00319. The van der Waals surface area contributed by atoms with Gasteiger partial charge in [0.15, 0.2) is 5.54 Å². The molecule has 1 aliphatic heterocycles. The van der Waals surface area contributed by atoms with Crippen LogP contribution < -0.4 is 21.6 Å². The first-order valence-electron chi connectivity index (χ1n) is 13.8. The van der Waals surface area contributed by atoms with Gasteiger partial charge in [-0.3, -0.25) is 9.99 Å². The molecule has 2 aliphatic rings. The van der Waals surface area contributed by atoms with Crippen molar-refractivity contribution in [3.05, 3.63) is 70.9 Å². The maximum atomic E-state index is 14.0. The summed E-state index contributed by atoms with van der Waals surface area (Å²) in [6.07, 6.45) is 0.283. The molecular weight excluding hydrogens is 579 g/mol. The molecule has 9 nitrogen and oxygen atoms in total. The number of aryl methyl sites for hydroxylation is 1. The average molecular weight is 610 g/mol. The van der Waals surface area contributed by atoms with E-state index in [1.54, 1.807) is 12.4 Å². The summed E-state index contributed by atoms with van der Waals surface area (Å²) in [5.41, 5.74) is 8.66. The van der Waals surface area contributed by atoms with Crippen molar-refractivity contribution < 1.29 is 13.2 Å². The molecule has 43 heavy (non-hydrogen) atoms. The van der Waals surface area contributed by atoms with Crippen molar-refractivity contribution in [2.75, 3.05) is 17.2 Å². The molecule has 4 N–H and O–H groups in total. The van der Waals surface area contributed by atoms with Crippen molar-refractivity contribution in [3.8, 4) is 6.07 Å². The first kappa shape index (κ1) is 28.9. The fourth-order valence-electron chi connectivity index (χ4n) is 5.42. The molecule has 0 amide bonds. The van der Waals surface area contributed by atoms with Crippen LogP contribution in [0.5, 0.6) is 0 Å². The Kier molecular flexibility index (Phi) is 6.86. The zero-order valence-electron chi connectivity index (χ0n) is 24.1. The Morgan fingerprint density at radius 2 is 1.95 bits per heavy atom. The molecule has 1 fully saturated rings. The number of imidazole rings is 1. The highest BCUT2D eigenvalue weighted by molar-refractivity contribution is 6.35. The van der Waals surface area contributed by atoms with E-state index in [9.17, 15) is 18.4 Å². The molecule has 1 atom stereocenters. The number of hydrazine groups is 2. The van der Waals surface area contributed by atoms with E-state index in [1.807, 2.05) is 35.9 Å². The average Bonchev–Trinajstić information content (AvgIpc) is 3.49. The molecule has 4 aromatic rings. The Bertz CT molecular complexity index is 1800. The zero-order chi connectivity index (χ0) is 30.7. The fraction of sp³-hybridized carbons (Fsp3) is 0.367. The second-order valence-corrected chi connectivity index (χ2v) is 12.7. The third-order valence-electron chi connectivity index (χ3n) is 7.84. The summed E-state index contributed by atoms with van der Waals surface area (Å²) >= 11 is 6.75. The van der Waals surface area contributed by atoms with Crippen molar-refractivity contribution >= 4 is 44.9 Å². The maximum Gasteiger partial charge on any atom is 0.413 e. The first-order chi connectivity index (χ1) is 20.3. The first-order valence-corrected chi connectivity index (χ1v) is 14.2. The summed E-state index contributed by atoms with van der Waals surface area (Å²) in [5.74, 6) is 0. The fourth-order valence-corrected chi connectivity index (χ4v) is 5.69. The lowest BCUT2D eigenvalue weighted by molar-refractivity contribution is -0.195. The number of pyridine rings is 1. The van der Waals surface area contributed by atoms with Gasteiger partial charge in [0.1, 0.15) is 6.07 Å². The van der Waals surface area contributed by atoms with E-state index < -0.39 is 17.8 Å². The highest BCUT2D eigenvalue weighted by atomic mass is 35.5. The largest absolute Gasteiger partial charge is 0.413 e. The number of nitriles is 1. The highest BCUT2D eigenvalue weighted by Crippen LogP contribution is 2.54. The molecule has 224 valence electrons. The molecular formula is C30H31ClF3N9. The van der Waals surface area contributed by atoms with E-state index in [0.717, 1.165) is 21.6 Å². The molecule has 0 radical (unpaired) electrons. The lowest BCUT2D eigenvalue weighted by Gasteiger charge is -2.28. The minimum atomic E-state index is -4.40. The monoisotopic (exact) mass is 609 g/mol. The molecule has 1 saturated carbocycles. The van der Waals surface area contributed by atoms with Gasteiger partial charge in [-0.15, -0.1) is 5.53 Å². The van der Waals surface area contributed by atoms with Gasteiger partial charge in [-0.2, -0.15) is 18.4 Å². The number of hydrogen-bond donors (Lipinski definition) is 4. The van der Waals surface area contributed by atoms with E-state index in [1.165, 1.54) is 12.4 Å². The van der Waals surface area contributed by atoms with Crippen LogP contribution in [-0.2, 0) is 7.05 Å². The number of nitrogens with zero attached hydrogens (tertiary/aromatic N) is 5. The summed E-state index contributed by atoms with van der Waals surface area (Å²) in [6.45, 7) is 6.86. The molecule has 1 aliphatic carbocycles. The molecule has 13 heteroatoms. The minimum Gasteiger partial charge on any atom is -0.383 e. The number of alkyl halides is 3. The van der Waals surface area contributed by atoms with Crippen LogP contribution in [0.2, 0.25) is 5.02 Å². The Balaban J connectivity index is 1.47. The standard InChI is InChI=1S/C30H31ClF3N9/c1-28(2,3)15-37-24-17(12-35)13-36-25-20(24)10-18(11-21(25)31)39-26(19-6-5-7-22-27(19)42(4)16-38-22)23-14-43(41-40-23)29(8-9-29)30(32,33)34/h5-7,10-11,13-14,16,26,39-41H,8-9,15H2,1-4H3,(H,36,37)/t26-/m0/s1. The lowest BCUT2D eigenvalue weighted by atomic mass is 9.96. The van der Waals surface area contributed by atoms with Gasteiger partial charge in [0.05, 0.1) is 50.9 Å². The van der Waals surface area contributed by atoms with Crippen molar-refractivity contribution in [1.29, 1.82) is 5.26 Å². The Morgan fingerprint density at radius 3 is 2.63 bits per heavy atom. The molecule has 3 heterocycles. The topological polar surface area (TPSA) is 106 Å². The van der Waals surface area contributed by atoms with Crippen LogP contribution in [0.25, 0.3) is 21.9 Å². The molecule has 0 spiro atoms. The van der Waals surface area contributed by atoms with Crippen molar-refractivity contribution in [2.45, 2.75) is 51.4 Å². The van der Waals surface area contributed by atoms with Crippen LogP contribution in [0.1, 0.15) is 50.8 Å². The van der Waals surface area contributed by atoms with Gasteiger partial charge in [-0.05, 0) is 36.5 Å². The molecule has 6 rings (SSSR count). The second-order valence-electron chi connectivity index (χ2n) is 12.3. The Morgan fingerprint density at radius 1 is 1.19 bits per heavy atom. The van der Waals surface area contributed by atoms with Gasteiger partial charge in [0, 0.05) is 42.6 Å². The quantitative estimate of drug-likeness (QED) is 0.188. The van der Waals surface area contributed by atoms with Crippen LogP contribution in [0.3, 0.4) is 0 Å². The van der Waals surface area contributed by atoms with Gasteiger partial charge in [-0.25, -0.2) is 4.98 Å². The van der Waals surface area contributed by atoms with E-state index in [0.29, 0.717) is 45.1 Å². The van der Waals surface area contributed by atoms with E-state index >= 15 is 0 Å². The van der Waals surface area contributed by atoms with Crippen LogP contribution in [0.15, 0.2) is 54.8 Å². The predicted molar refractivity (Wildman–Crippen MR) is 161 cm³/mol. The summed E-state index contributed by atoms with van der Waals surface area (Å²) in [4.78, 5) is 8.91. The Hall–Kier alpha value is -4.21. The van der Waals surface area contributed by atoms with Crippen molar-refractivity contribution in [2.24, 2.45) is 12.5 Å². The molecule has 0 saturated heterocycles. The summed E-state index contributed by atoms with van der Waals surface area (Å²) in [6, 6.07) is 10.8. The molecule has 2 aromatic carbocycles. The van der Waals surface area contributed by atoms with Crippen molar-refractivity contribution in [1.82, 2.24) is 30.5 Å². The van der Waals surface area contributed by atoms with Gasteiger partial charge in [0.25, 0.3) is 0 Å². The normalized spacial score (nSPS) is 17.0. The summed E-state index contributed by atoms with van der Waals surface area (Å²) in [7, 11) is 1.87. The van der Waals surface area contributed by atoms with E-state index in [4.69, 9.17) is 11.6 Å². The second kappa shape index (κ2) is 10.2. The van der Waals surface area contributed by atoms with Crippen LogP contribution in [0, 0.1) is 16.7 Å². The third kappa shape index (κ3) is 5.17. The molecule has 0 unspecified atom stereocenters. The van der Waals surface area contributed by atoms with Crippen LogP contribution in [0.4, 0.5) is 24.5 Å². The van der Waals surface area contributed by atoms with Gasteiger partial charge < -0.3 is 20.6 Å². The number of fused-ring (bicyclic) bond motifs is 2. The van der Waals surface area contributed by atoms with Gasteiger partial charge in [0.2, 0.25) is 0 Å². The zero-order valence-corrected chi connectivity index (χ0v) is 24.8. The van der Waals surface area contributed by atoms with E-state index in [-0.39, 0.29) is 18.3 Å². The predicted octanol–water partition coefficient (Wildman–Crippen LogP) is 6.52. The summed E-state index contributed by atoms with van der Waals surface area (Å²) in [5, 5.41) is 18.9. The molecule has 0 bridgehead atoms. The van der Waals surface area contributed by atoms with Crippen molar-refractivity contribution in [3.63, 3.8) is 0 Å². The third-order valence-corrected chi connectivity index (χ3v) is 8.13. The van der Waals surface area contributed by atoms with E-state index in [2.05, 4.69) is 58.4 Å². The SMILES string of the molecule is Cn1cnc2cccc([C@H](Nc3cc(Cl)c4ncc(C#N)c(NCC(C)(C)C)c4c3)C3=CN(C4(C(F)(F)F)CC4)NN3)c21. The number of nitrogens with one attached hydrogen (secondary N) is 4. The number of benzene rings is 2. The molecule has 2 aromatic heterocycles.